The van der Waals surface area contributed by atoms with E-state index in [1.807, 2.05) is 24.3 Å². The third kappa shape index (κ3) is 5.09. The fourth-order valence-corrected chi connectivity index (χ4v) is 2.38. The van der Waals surface area contributed by atoms with Gasteiger partial charge in [-0.15, -0.1) is 0 Å². The third-order valence-electron chi connectivity index (χ3n) is 3.68. The number of hydrogen-bond acceptors (Lipinski definition) is 2. The van der Waals surface area contributed by atoms with Crippen molar-refractivity contribution < 1.29 is 19.0 Å². The van der Waals surface area contributed by atoms with Gasteiger partial charge in [0.05, 0.1) is 12.5 Å². The molecule has 3 nitrogen and oxygen atoms in total. The Kier molecular flexibility index (Phi) is 6.15. The Labute approximate surface area is 135 Å². The van der Waals surface area contributed by atoms with Crippen LogP contribution in [0.15, 0.2) is 48.5 Å². The van der Waals surface area contributed by atoms with Crippen LogP contribution in [0.2, 0.25) is 0 Å². The largest absolute Gasteiger partial charge is 0.494 e. The lowest BCUT2D eigenvalue weighted by Gasteiger charge is -2.14. The van der Waals surface area contributed by atoms with E-state index in [0.717, 1.165) is 24.2 Å². The molecule has 23 heavy (non-hydrogen) atoms. The van der Waals surface area contributed by atoms with Gasteiger partial charge in [-0.2, -0.15) is 0 Å². The standard InChI is InChI=1S/C19H21FO3/c1-2-3-11-23-17-6-4-5-14(12-17)13-18(19(21)22)15-7-9-16(20)10-8-15/h4-10,12,18H,2-3,11,13H2,1H3,(H,21,22). The maximum Gasteiger partial charge on any atom is 0.311 e. The summed E-state index contributed by atoms with van der Waals surface area (Å²) in [6, 6.07) is 13.1. The number of halogens is 1. The van der Waals surface area contributed by atoms with Crippen molar-refractivity contribution in [2.45, 2.75) is 32.1 Å². The summed E-state index contributed by atoms with van der Waals surface area (Å²) >= 11 is 0. The SMILES string of the molecule is CCCCOc1cccc(CC(C(=O)O)c2ccc(F)cc2)c1. The number of ether oxygens (including phenoxy) is 1. The summed E-state index contributed by atoms with van der Waals surface area (Å²) in [6.07, 6.45) is 2.38. The van der Waals surface area contributed by atoms with Gasteiger partial charge in [0.1, 0.15) is 11.6 Å². The van der Waals surface area contributed by atoms with Crippen LogP contribution in [0.5, 0.6) is 5.75 Å². The molecule has 2 aromatic rings. The molecule has 1 unspecified atom stereocenters. The summed E-state index contributed by atoms with van der Waals surface area (Å²) in [5, 5.41) is 9.47. The number of benzene rings is 2. The molecule has 2 aromatic carbocycles. The summed E-state index contributed by atoms with van der Waals surface area (Å²) in [4.78, 5) is 11.6. The zero-order valence-corrected chi connectivity index (χ0v) is 13.2. The van der Waals surface area contributed by atoms with Gasteiger partial charge in [-0.05, 0) is 48.2 Å². The minimum Gasteiger partial charge on any atom is -0.494 e. The molecule has 0 aliphatic carbocycles. The van der Waals surface area contributed by atoms with Crippen LogP contribution in [0.1, 0.15) is 36.8 Å². The number of rotatable bonds is 8. The van der Waals surface area contributed by atoms with Crippen molar-refractivity contribution in [3.05, 3.63) is 65.5 Å². The molecule has 2 rings (SSSR count). The average molecular weight is 316 g/mol. The molecule has 1 N–H and O–H groups in total. The number of unbranched alkanes of at least 4 members (excludes halogenated alkanes) is 1. The molecule has 122 valence electrons. The molecule has 0 bridgehead atoms. The third-order valence-corrected chi connectivity index (χ3v) is 3.68. The van der Waals surface area contributed by atoms with Crippen LogP contribution in [0, 0.1) is 5.82 Å². The number of hydrogen-bond donors (Lipinski definition) is 1. The number of carboxylic acid groups (broad SMARTS) is 1. The summed E-state index contributed by atoms with van der Waals surface area (Å²) in [6.45, 7) is 2.75. The van der Waals surface area contributed by atoms with Gasteiger partial charge in [0.2, 0.25) is 0 Å². The first kappa shape index (κ1) is 17.0. The van der Waals surface area contributed by atoms with Crippen molar-refractivity contribution in [2.24, 2.45) is 0 Å². The second-order valence-corrected chi connectivity index (χ2v) is 5.50. The van der Waals surface area contributed by atoms with Crippen LogP contribution < -0.4 is 4.74 Å². The van der Waals surface area contributed by atoms with Crippen LogP contribution in [0.4, 0.5) is 4.39 Å². The monoisotopic (exact) mass is 316 g/mol. The van der Waals surface area contributed by atoms with Gasteiger partial charge in [-0.3, -0.25) is 4.79 Å². The molecule has 1 atom stereocenters. The van der Waals surface area contributed by atoms with Gasteiger partial charge in [-0.1, -0.05) is 37.6 Å². The highest BCUT2D eigenvalue weighted by Crippen LogP contribution is 2.24. The fraction of sp³-hybridized carbons (Fsp3) is 0.316. The molecular formula is C19H21FO3. The van der Waals surface area contributed by atoms with Crippen LogP contribution in [-0.2, 0) is 11.2 Å². The van der Waals surface area contributed by atoms with Crippen molar-refractivity contribution in [2.75, 3.05) is 6.61 Å². The van der Waals surface area contributed by atoms with Gasteiger partial charge >= 0.3 is 5.97 Å². The Hall–Kier alpha value is -2.36. The minimum atomic E-state index is -0.922. The lowest BCUT2D eigenvalue weighted by Crippen LogP contribution is -2.14. The Balaban J connectivity index is 2.12. The van der Waals surface area contributed by atoms with Crippen LogP contribution in [0.3, 0.4) is 0 Å². The van der Waals surface area contributed by atoms with E-state index in [-0.39, 0.29) is 5.82 Å². The summed E-state index contributed by atoms with van der Waals surface area (Å²) in [5.74, 6) is -1.25. The van der Waals surface area contributed by atoms with Crippen molar-refractivity contribution >= 4 is 5.97 Å². The zero-order valence-electron chi connectivity index (χ0n) is 13.2. The lowest BCUT2D eigenvalue weighted by molar-refractivity contribution is -0.138. The van der Waals surface area contributed by atoms with E-state index in [2.05, 4.69) is 6.92 Å². The number of carboxylic acids is 1. The maximum absolute atomic E-state index is 13.0. The van der Waals surface area contributed by atoms with E-state index < -0.39 is 11.9 Å². The first-order valence-corrected chi connectivity index (χ1v) is 7.80. The maximum atomic E-state index is 13.0. The molecule has 0 fully saturated rings. The van der Waals surface area contributed by atoms with Crippen molar-refractivity contribution in [1.29, 1.82) is 0 Å². The predicted octanol–water partition coefficient (Wildman–Crippen LogP) is 4.42. The second kappa shape index (κ2) is 8.32. The first-order valence-electron chi connectivity index (χ1n) is 7.80. The first-order chi connectivity index (χ1) is 11.1. The number of aliphatic carboxylic acids is 1. The highest BCUT2D eigenvalue weighted by atomic mass is 19.1. The van der Waals surface area contributed by atoms with E-state index in [4.69, 9.17) is 4.74 Å². The van der Waals surface area contributed by atoms with E-state index in [1.165, 1.54) is 24.3 Å². The van der Waals surface area contributed by atoms with Gasteiger partial charge in [0, 0.05) is 0 Å². The van der Waals surface area contributed by atoms with Crippen LogP contribution in [-0.4, -0.2) is 17.7 Å². The smallest absolute Gasteiger partial charge is 0.311 e. The topological polar surface area (TPSA) is 46.5 Å². The highest BCUT2D eigenvalue weighted by molar-refractivity contribution is 5.76. The zero-order chi connectivity index (χ0) is 16.7. The summed E-state index contributed by atoms with van der Waals surface area (Å²) < 4.78 is 18.7. The van der Waals surface area contributed by atoms with Crippen LogP contribution in [0.25, 0.3) is 0 Å². The fourth-order valence-electron chi connectivity index (χ4n) is 2.38. The lowest BCUT2D eigenvalue weighted by atomic mass is 9.92. The predicted molar refractivity (Wildman–Crippen MR) is 87.3 cm³/mol. The van der Waals surface area contributed by atoms with Crippen molar-refractivity contribution in [3.63, 3.8) is 0 Å². The van der Waals surface area contributed by atoms with E-state index in [9.17, 15) is 14.3 Å². The van der Waals surface area contributed by atoms with Crippen molar-refractivity contribution in [3.8, 4) is 5.75 Å². The van der Waals surface area contributed by atoms with Crippen molar-refractivity contribution in [1.82, 2.24) is 0 Å². The molecule has 0 heterocycles. The molecule has 0 saturated carbocycles. The molecule has 4 heteroatoms. The Morgan fingerprint density at radius 3 is 2.61 bits per heavy atom. The van der Waals surface area contributed by atoms with Crippen LogP contribution >= 0.6 is 0 Å². The van der Waals surface area contributed by atoms with E-state index in [1.54, 1.807) is 0 Å². The second-order valence-electron chi connectivity index (χ2n) is 5.50. The number of carbonyl (C=O) groups is 1. The summed E-state index contributed by atoms with van der Waals surface area (Å²) in [5.41, 5.74) is 1.48. The Morgan fingerprint density at radius 1 is 1.22 bits per heavy atom. The molecule has 0 amide bonds. The van der Waals surface area contributed by atoms with E-state index >= 15 is 0 Å². The minimum absolute atomic E-state index is 0.339. The molecule has 0 aromatic heterocycles. The van der Waals surface area contributed by atoms with Gasteiger partial charge < -0.3 is 9.84 Å². The molecule has 0 radical (unpaired) electrons. The van der Waals surface area contributed by atoms with Gasteiger partial charge in [-0.25, -0.2) is 4.39 Å². The molecular weight excluding hydrogens is 295 g/mol. The Bertz CT molecular complexity index is 637. The average Bonchev–Trinajstić information content (AvgIpc) is 2.54. The van der Waals surface area contributed by atoms with E-state index in [0.29, 0.717) is 18.6 Å². The quantitative estimate of drug-likeness (QED) is 0.734. The summed E-state index contributed by atoms with van der Waals surface area (Å²) in [7, 11) is 0. The molecule has 0 saturated heterocycles. The molecule has 0 spiro atoms. The highest BCUT2D eigenvalue weighted by Gasteiger charge is 2.20. The normalized spacial score (nSPS) is 11.9. The van der Waals surface area contributed by atoms with Gasteiger partial charge in [0.25, 0.3) is 0 Å². The van der Waals surface area contributed by atoms with Gasteiger partial charge in [0.15, 0.2) is 0 Å². The Morgan fingerprint density at radius 2 is 1.96 bits per heavy atom. The molecule has 0 aliphatic heterocycles. The molecule has 0 aliphatic rings.